The molecule has 18 heavy (non-hydrogen) atoms. The Balaban J connectivity index is 1.91. The Morgan fingerprint density at radius 1 is 1.44 bits per heavy atom. The molecule has 0 aliphatic rings. The summed E-state index contributed by atoms with van der Waals surface area (Å²) in [5.41, 5.74) is 0.894. The molecule has 0 aliphatic heterocycles. The van der Waals surface area contributed by atoms with E-state index < -0.39 is 6.09 Å². The van der Waals surface area contributed by atoms with Gasteiger partial charge >= 0.3 is 6.09 Å². The Bertz CT molecular complexity index is 498. The molecule has 0 saturated carbocycles. The van der Waals surface area contributed by atoms with Crippen molar-refractivity contribution >= 4 is 28.4 Å². The molecule has 94 valence electrons. The Kier molecular flexibility index (Phi) is 4.08. The molecule has 2 aromatic rings. The number of ether oxygens (including phenoxy) is 1. The number of amides is 1. The molecule has 0 saturated heterocycles. The lowest BCUT2D eigenvalue weighted by Gasteiger charge is -2.05. The Morgan fingerprint density at radius 2 is 2.33 bits per heavy atom. The van der Waals surface area contributed by atoms with Gasteiger partial charge in [0.05, 0.1) is 7.11 Å². The fraction of sp³-hybridized carbons (Fsp3) is 0.182. The number of thiazole rings is 1. The second kappa shape index (κ2) is 5.97. The second-order valence-electron chi connectivity index (χ2n) is 3.36. The molecule has 0 atom stereocenters. The van der Waals surface area contributed by atoms with Gasteiger partial charge in [0.2, 0.25) is 0 Å². The molecule has 1 amide bonds. The van der Waals surface area contributed by atoms with E-state index in [-0.39, 0.29) is 0 Å². The normalized spacial score (nSPS) is 9.83. The molecule has 0 unspecified atom stereocenters. The van der Waals surface area contributed by atoms with Crippen LogP contribution in [0.1, 0.15) is 5.56 Å². The van der Waals surface area contributed by atoms with Gasteiger partial charge in [-0.3, -0.25) is 0 Å². The lowest BCUT2D eigenvalue weighted by atomic mass is 10.3. The first-order chi connectivity index (χ1) is 8.78. The number of hydrogen-bond donors (Lipinski definition) is 2. The first-order valence-electron chi connectivity index (χ1n) is 5.21. The summed E-state index contributed by atoms with van der Waals surface area (Å²) in [5.74, 6) is 0.715. The molecule has 0 fully saturated rings. The summed E-state index contributed by atoms with van der Waals surface area (Å²) in [6.45, 7) is 0.386. The van der Waals surface area contributed by atoms with E-state index in [0.717, 1.165) is 10.7 Å². The van der Waals surface area contributed by atoms with Crippen LogP contribution in [-0.2, 0) is 11.3 Å². The highest BCUT2D eigenvalue weighted by Crippen LogP contribution is 2.16. The molecule has 2 rings (SSSR count). The van der Waals surface area contributed by atoms with E-state index in [4.69, 9.17) is 0 Å². The zero-order valence-corrected chi connectivity index (χ0v) is 10.5. The van der Waals surface area contributed by atoms with Crippen molar-refractivity contribution in [3.63, 3.8) is 0 Å². The van der Waals surface area contributed by atoms with Gasteiger partial charge < -0.3 is 15.4 Å². The second-order valence-corrected chi connectivity index (χ2v) is 4.25. The number of methoxy groups -OCH3 is 1. The van der Waals surface area contributed by atoms with Crippen molar-refractivity contribution in [1.82, 2.24) is 15.3 Å². The van der Waals surface area contributed by atoms with Crippen LogP contribution in [0.4, 0.5) is 15.7 Å². The minimum atomic E-state index is -0.458. The number of pyridine rings is 1. The summed E-state index contributed by atoms with van der Waals surface area (Å²) < 4.78 is 4.48. The number of rotatable bonds is 4. The zero-order valence-electron chi connectivity index (χ0n) is 9.71. The molecule has 0 spiro atoms. The standard InChI is InChI=1S/C11H12N4O2S/c1-17-11(16)14-7-8-2-3-9(13-6-8)15-10-12-4-5-18-10/h2-6H,7H2,1H3,(H,14,16)(H,12,13,15). The van der Waals surface area contributed by atoms with Crippen molar-refractivity contribution in [2.45, 2.75) is 6.54 Å². The first kappa shape index (κ1) is 12.3. The molecule has 6 nitrogen and oxygen atoms in total. The average Bonchev–Trinajstić information content (AvgIpc) is 2.90. The van der Waals surface area contributed by atoms with Crippen LogP contribution < -0.4 is 10.6 Å². The molecular weight excluding hydrogens is 252 g/mol. The van der Waals surface area contributed by atoms with Crippen molar-refractivity contribution in [3.05, 3.63) is 35.5 Å². The third-order valence-electron chi connectivity index (χ3n) is 2.11. The van der Waals surface area contributed by atoms with Crippen molar-refractivity contribution < 1.29 is 9.53 Å². The Labute approximate surface area is 108 Å². The monoisotopic (exact) mass is 264 g/mol. The molecule has 7 heteroatoms. The van der Waals surface area contributed by atoms with Crippen LogP contribution >= 0.6 is 11.3 Å². The van der Waals surface area contributed by atoms with Gasteiger partial charge in [-0.25, -0.2) is 14.8 Å². The summed E-state index contributed by atoms with van der Waals surface area (Å²) in [6, 6.07) is 3.70. The number of nitrogens with one attached hydrogen (secondary N) is 2. The summed E-state index contributed by atoms with van der Waals surface area (Å²) in [7, 11) is 1.33. The maximum atomic E-state index is 10.9. The molecule has 0 aromatic carbocycles. The lowest BCUT2D eigenvalue weighted by molar-refractivity contribution is 0.170. The van der Waals surface area contributed by atoms with Gasteiger partial charge in [0.1, 0.15) is 5.82 Å². The van der Waals surface area contributed by atoms with Crippen LogP contribution in [0.25, 0.3) is 0 Å². The highest BCUT2D eigenvalue weighted by atomic mass is 32.1. The average molecular weight is 264 g/mol. The highest BCUT2D eigenvalue weighted by molar-refractivity contribution is 7.13. The van der Waals surface area contributed by atoms with E-state index in [0.29, 0.717) is 12.4 Å². The SMILES string of the molecule is COC(=O)NCc1ccc(Nc2nccs2)nc1. The summed E-state index contributed by atoms with van der Waals surface area (Å²) in [5, 5.41) is 8.33. The van der Waals surface area contributed by atoms with Crippen LogP contribution in [0, 0.1) is 0 Å². The third kappa shape index (κ3) is 3.42. The van der Waals surface area contributed by atoms with E-state index in [1.165, 1.54) is 18.4 Å². The van der Waals surface area contributed by atoms with Gasteiger partial charge in [0.25, 0.3) is 0 Å². The van der Waals surface area contributed by atoms with Gasteiger partial charge in [-0.05, 0) is 11.6 Å². The van der Waals surface area contributed by atoms with E-state index in [2.05, 4.69) is 25.3 Å². The maximum Gasteiger partial charge on any atom is 0.407 e. The zero-order chi connectivity index (χ0) is 12.8. The van der Waals surface area contributed by atoms with Crippen LogP contribution in [0.15, 0.2) is 29.9 Å². The van der Waals surface area contributed by atoms with Crippen LogP contribution in [0.3, 0.4) is 0 Å². The molecule has 0 bridgehead atoms. The van der Waals surface area contributed by atoms with E-state index in [1.54, 1.807) is 12.4 Å². The highest BCUT2D eigenvalue weighted by Gasteiger charge is 2.01. The molecule has 2 N–H and O–H groups in total. The first-order valence-corrected chi connectivity index (χ1v) is 6.09. The number of aromatic nitrogens is 2. The predicted molar refractivity (Wildman–Crippen MR) is 68.9 cm³/mol. The van der Waals surface area contributed by atoms with Crippen molar-refractivity contribution in [2.75, 3.05) is 12.4 Å². The Hall–Kier alpha value is -2.15. The molecule has 0 radical (unpaired) electrons. The summed E-state index contributed by atoms with van der Waals surface area (Å²) >= 11 is 1.50. The quantitative estimate of drug-likeness (QED) is 0.884. The largest absolute Gasteiger partial charge is 0.453 e. The molecular formula is C11H12N4O2S. The van der Waals surface area contributed by atoms with Gasteiger partial charge in [-0.2, -0.15) is 0 Å². The van der Waals surface area contributed by atoms with Gasteiger partial charge in [-0.15, -0.1) is 11.3 Å². The smallest absolute Gasteiger partial charge is 0.407 e. The number of carbonyl (C=O) groups excluding carboxylic acids is 1. The van der Waals surface area contributed by atoms with Crippen LogP contribution in [-0.4, -0.2) is 23.2 Å². The van der Waals surface area contributed by atoms with E-state index >= 15 is 0 Å². The van der Waals surface area contributed by atoms with Gasteiger partial charge in [0, 0.05) is 24.3 Å². The predicted octanol–water partition coefficient (Wildman–Crippen LogP) is 2.14. The number of carbonyl (C=O) groups is 1. The maximum absolute atomic E-state index is 10.9. The van der Waals surface area contributed by atoms with Gasteiger partial charge in [0.15, 0.2) is 5.13 Å². The number of hydrogen-bond acceptors (Lipinski definition) is 6. The minimum Gasteiger partial charge on any atom is -0.453 e. The fourth-order valence-electron chi connectivity index (χ4n) is 1.24. The molecule has 0 aliphatic carbocycles. The molecule has 2 heterocycles. The Morgan fingerprint density at radius 3 is 2.94 bits per heavy atom. The van der Waals surface area contributed by atoms with E-state index in [9.17, 15) is 4.79 Å². The van der Waals surface area contributed by atoms with Crippen LogP contribution in [0.5, 0.6) is 0 Å². The number of anilines is 2. The topological polar surface area (TPSA) is 76.1 Å². The fourth-order valence-corrected chi connectivity index (χ4v) is 1.78. The van der Waals surface area contributed by atoms with E-state index in [1.807, 2.05) is 17.5 Å². The van der Waals surface area contributed by atoms with Gasteiger partial charge in [-0.1, -0.05) is 6.07 Å². The van der Waals surface area contributed by atoms with Crippen molar-refractivity contribution in [1.29, 1.82) is 0 Å². The minimum absolute atomic E-state index is 0.386. The van der Waals surface area contributed by atoms with Crippen LogP contribution in [0.2, 0.25) is 0 Å². The van der Waals surface area contributed by atoms with Crippen molar-refractivity contribution in [3.8, 4) is 0 Å². The summed E-state index contributed by atoms with van der Waals surface area (Å²) in [4.78, 5) is 19.2. The number of nitrogens with zero attached hydrogens (tertiary/aromatic N) is 2. The lowest BCUT2D eigenvalue weighted by Crippen LogP contribution is -2.22. The van der Waals surface area contributed by atoms with Crippen molar-refractivity contribution in [2.24, 2.45) is 0 Å². The summed E-state index contributed by atoms with van der Waals surface area (Å²) in [6.07, 6.45) is 2.95. The number of alkyl carbamates (subject to hydrolysis) is 1. The molecule has 2 aromatic heterocycles. The third-order valence-corrected chi connectivity index (χ3v) is 2.80.